The van der Waals surface area contributed by atoms with E-state index in [1.165, 1.54) is 0 Å². The second-order valence-electron chi connectivity index (χ2n) is 8.68. The Labute approximate surface area is 198 Å². The molecule has 0 radical (unpaired) electrons. The zero-order valence-electron chi connectivity index (χ0n) is 19.0. The Bertz CT molecular complexity index is 1410. The van der Waals surface area contributed by atoms with Crippen LogP contribution in [0.5, 0.6) is 5.75 Å². The molecule has 2 atom stereocenters. The summed E-state index contributed by atoms with van der Waals surface area (Å²) in [5, 5.41) is 5.84. The lowest BCUT2D eigenvalue weighted by Crippen LogP contribution is -2.30. The number of fused-ring (bicyclic) bond motifs is 4. The predicted molar refractivity (Wildman–Crippen MR) is 135 cm³/mol. The molecule has 4 nitrogen and oxygen atoms in total. The van der Waals surface area contributed by atoms with Crippen LogP contribution in [0.4, 0.5) is 5.69 Å². The molecule has 0 amide bonds. The number of rotatable bonds is 4. The number of ether oxygens (including phenoxy) is 2. The summed E-state index contributed by atoms with van der Waals surface area (Å²) in [4.78, 5) is 13.7. The second-order valence-corrected chi connectivity index (χ2v) is 8.68. The summed E-state index contributed by atoms with van der Waals surface area (Å²) in [6.07, 6.45) is 0.0105. The molecule has 2 heterocycles. The highest BCUT2D eigenvalue weighted by atomic mass is 16.5. The van der Waals surface area contributed by atoms with E-state index in [1.807, 2.05) is 73.7 Å². The zero-order valence-corrected chi connectivity index (χ0v) is 19.0. The van der Waals surface area contributed by atoms with Gasteiger partial charge in [-0.1, -0.05) is 72.8 Å². The van der Waals surface area contributed by atoms with Crippen molar-refractivity contribution < 1.29 is 14.3 Å². The molecule has 4 heteroatoms. The van der Waals surface area contributed by atoms with Gasteiger partial charge >= 0.3 is 0 Å². The Morgan fingerprint density at radius 1 is 0.882 bits per heavy atom. The maximum atomic E-state index is 13.7. The van der Waals surface area contributed by atoms with Crippen LogP contribution in [-0.4, -0.2) is 12.4 Å². The number of Topliss-reactive ketones (excluding diaryl/α,β-unsaturated/α-hetero) is 1. The molecule has 0 fully saturated rings. The molecule has 4 aromatic carbocycles. The van der Waals surface area contributed by atoms with Crippen LogP contribution in [0.3, 0.4) is 0 Å². The highest BCUT2D eigenvalue weighted by molar-refractivity contribution is 6.11. The molecule has 0 aliphatic carbocycles. The van der Waals surface area contributed by atoms with Crippen molar-refractivity contribution in [2.24, 2.45) is 0 Å². The molecular formula is C30H25NO3. The third-order valence-corrected chi connectivity index (χ3v) is 6.62. The first kappa shape index (κ1) is 20.5. The quantitative estimate of drug-likeness (QED) is 0.372. The van der Waals surface area contributed by atoms with E-state index in [1.54, 1.807) is 0 Å². The van der Waals surface area contributed by atoms with E-state index in [0.29, 0.717) is 24.4 Å². The largest absolute Gasteiger partial charge is 0.494 e. The number of carbonyl (C=O) groups is 1. The van der Waals surface area contributed by atoms with Crippen molar-refractivity contribution in [2.75, 3.05) is 11.9 Å². The Hall–Kier alpha value is -4.05. The second kappa shape index (κ2) is 8.38. The molecule has 1 N–H and O–H groups in total. The van der Waals surface area contributed by atoms with Crippen LogP contribution in [-0.2, 0) is 9.53 Å². The van der Waals surface area contributed by atoms with Gasteiger partial charge in [-0.05, 0) is 47.0 Å². The van der Waals surface area contributed by atoms with Gasteiger partial charge < -0.3 is 14.8 Å². The highest BCUT2D eigenvalue weighted by Crippen LogP contribution is 2.49. The zero-order chi connectivity index (χ0) is 23.1. The van der Waals surface area contributed by atoms with E-state index in [2.05, 4.69) is 29.6 Å². The fraction of sp³-hybridized carbons (Fsp3) is 0.167. The van der Waals surface area contributed by atoms with Gasteiger partial charge in [0, 0.05) is 11.3 Å². The van der Waals surface area contributed by atoms with E-state index >= 15 is 0 Å². The van der Waals surface area contributed by atoms with Crippen LogP contribution >= 0.6 is 0 Å². The molecule has 34 heavy (non-hydrogen) atoms. The van der Waals surface area contributed by atoms with Gasteiger partial charge in [0.05, 0.1) is 24.6 Å². The minimum Gasteiger partial charge on any atom is -0.494 e. The first-order chi connectivity index (χ1) is 16.7. The Balaban J connectivity index is 1.53. The molecule has 0 spiro atoms. The molecule has 2 aliphatic rings. The SMILES string of the molecule is CCOc1ccc([C@H]2Nc3ccc4ccccc4c3C3=C2C(=O)C[C@H](c2ccccc2)O3)cc1. The van der Waals surface area contributed by atoms with Gasteiger partial charge in [-0.2, -0.15) is 0 Å². The topological polar surface area (TPSA) is 47.6 Å². The van der Waals surface area contributed by atoms with Gasteiger partial charge in [0.25, 0.3) is 0 Å². The van der Waals surface area contributed by atoms with E-state index in [-0.39, 0.29) is 17.9 Å². The van der Waals surface area contributed by atoms with Gasteiger partial charge in [0.15, 0.2) is 5.78 Å². The third-order valence-electron chi connectivity index (χ3n) is 6.62. The predicted octanol–water partition coefficient (Wildman–Crippen LogP) is 6.85. The van der Waals surface area contributed by atoms with Gasteiger partial charge in [-0.25, -0.2) is 0 Å². The summed E-state index contributed by atoms with van der Waals surface area (Å²) >= 11 is 0. The van der Waals surface area contributed by atoms with Crippen LogP contribution in [0.2, 0.25) is 0 Å². The summed E-state index contributed by atoms with van der Waals surface area (Å²) in [5.41, 5.74) is 4.65. The number of anilines is 1. The van der Waals surface area contributed by atoms with Crippen molar-refractivity contribution in [1.82, 2.24) is 0 Å². The maximum Gasteiger partial charge on any atom is 0.169 e. The van der Waals surface area contributed by atoms with E-state index in [0.717, 1.165) is 38.9 Å². The Morgan fingerprint density at radius 2 is 1.65 bits per heavy atom. The number of benzene rings is 4. The number of nitrogens with one attached hydrogen (secondary N) is 1. The summed E-state index contributed by atoms with van der Waals surface area (Å²) in [5.74, 6) is 1.62. The van der Waals surface area contributed by atoms with Crippen molar-refractivity contribution in [3.05, 3.63) is 113 Å². The van der Waals surface area contributed by atoms with E-state index in [4.69, 9.17) is 9.47 Å². The smallest absolute Gasteiger partial charge is 0.169 e. The standard InChI is InChI=1S/C30H25NO3/c1-2-33-22-15-12-21(13-16-22)29-28-25(32)18-26(20-9-4-3-5-10-20)34-30(28)27-23-11-7-6-8-19(23)14-17-24(27)31-29/h3-17,26,29,31H,2,18H2,1H3/t26-,29-/m1/s1. The fourth-order valence-corrected chi connectivity index (χ4v) is 5.03. The number of carbonyl (C=O) groups excluding carboxylic acids is 1. The minimum atomic E-state index is -0.307. The summed E-state index contributed by atoms with van der Waals surface area (Å²) in [6, 6.07) is 30.1. The van der Waals surface area contributed by atoms with Crippen molar-refractivity contribution in [3.8, 4) is 5.75 Å². The minimum absolute atomic E-state index is 0.111. The Kier molecular flexibility index (Phi) is 5.06. The maximum absolute atomic E-state index is 13.7. The normalized spacial score (nSPS) is 19.1. The lowest BCUT2D eigenvalue weighted by Gasteiger charge is -2.37. The molecule has 0 saturated carbocycles. The lowest BCUT2D eigenvalue weighted by atomic mass is 9.83. The van der Waals surface area contributed by atoms with Crippen LogP contribution in [0, 0.1) is 0 Å². The van der Waals surface area contributed by atoms with Crippen LogP contribution in [0.25, 0.3) is 16.5 Å². The van der Waals surface area contributed by atoms with E-state index in [9.17, 15) is 4.79 Å². The van der Waals surface area contributed by atoms with Crippen molar-refractivity contribution in [2.45, 2.75) is 25.5 Å². The number of ketones is 1. The van der Waals surface area contributed by atoms with Gasteiger partial charge in [-0.15, -0.1) is 0 Å². The van der Waals surface area contributed by atoms with Crippen LogP contribution in [0.1, 0.15) is 42.2 Å². The fourth-order valence-electron chi connectivity index (χ4n) is 5.03. The molecule has 4 aromatic rings. The molecule has 0 unspecified atom stereocenters. The molecular weight excluding hydrogens is 422 g/mol. The monoisotopic (exact) mass is 447 g/mol. The first-order valence-electron chi connectivity index (χ1n) is 11.7. The molecule has 0 bridgehead atoms. The molecule has 6 rings (SSSR count). The average molecular weight is 448 g/mol. The molecule has 0 saturated heterocycles. The van der Waals surface area contributed by atoms with Gasteiger partial charge in [0.2, 0.25) is 0 Å². The van der Waals surface area contributed by atoms with Crippen LogP contribution < -0.4 is 10.1 Å². The summed E-state index contributed by atoms with van der Waals surface area (Å²) in [6.45, 7) is 2.58. The third kappa shape index (κ3) is 3.43. The molecule has 2 aliphatic heterocycles. The highest BCUT2D eigenvalue weighted by Gasteiger charge is 2.40. The lowest BCUT2D eigenvalue weighted by molar-refractivity contribution is -0.119. The van der Waals surface area contributed by atoms with Crippen LogP contribution in [0.15, 0.2) is 96.6 Å². The Morgan fingerprint density at radius 3 is 2.44 bits per heavy atom. The first-order valence-corrected chi connectivity index (χ1v) is 11.7. The van der Waals surface area contributed by atoms with Crippen molar-refractivity contribution in [3.63, 3.8) is 0 Å². The number of hydrogen-bond donors (Lipinski definition) is 1. The summed E-state index contributed by atoms with van der Waals surface area (Å²) in [7, 11) is 0. The van der Waals surface area contributed by atoms with E-state index < -0.39 is 0 Å². The van der Waals surface area contributed by atoms with Crippen molar-refractivity contribution >= 4 is 28.0 Å². The molecule has 168 valence electrons. The van der Waals surface area contributed by atoms with Gasteiger partial charge in [0.1, 0.15) is 17.6 Å². The summed E-state index contributed by atoms with van der Waals surface area (Å²) < 4.78 is 12.3. The van der Waals surface area contributed by atoms with Crippen molar-refractivity contribution in [1.29, 1.82) is 0 Å². The number of hydrogen-bond acceptors (Lipinski definition) is 4. The van der Waals surface area contributed by atoms with Gasteiger partial charge in [-0.3, -0.25) is 4.79 Å². The molecule has 0 aromatic heterocycles. The average Bonchev–Trinajstić information content (AvgIpc) is 2.89.